The van der Waals surface area contributed by atoms with E-state index < -0.39 is 0 Å². The number of amides is 2. The molecule has 1 aliphatic heterocycles. The molecular formula is C21H21N5O2S. The molecule has 1 aromatic carbocycles. The standard InChI is InChI=1S/C21H21N5O2S/c1-23-9-4-7-17(23)20(28)25-11-5-10-24(12-13-25)19(27)15-14-26-16-6-2-3-8-18(16)29-21(26)22-15/h2-4,6-9,14H,5,10-13H2,1H3. The van der Waals surface area contributed by atoms with Gasteiger partial charge in [0.25, 0.3) is 11.8 Å². The van der Waals surface area contributed by atoms with Gasteiger partial charge in [-0.3, -0.25) is 14.0 Å². The van der Waals surface area contributed by atoms with Gasteiger partial charge in [-0.05, 0) is 30.7 Å². The molecule has 7 nitrogen and oxygen atoms in total. The van der Waals surface area contributed by atoms with Crippen molar-refractivity contribution < 1.29 is 9.59 Å². The number of imidazole rings is 1. The van der Waals surface area contributed by atoms with Gasteiger partial charge in [0.15, 0.2) is 4.96 Å². The lowest BCUT2D eigenvalue weighted by Gasteiger charge is -2.22. The van der Waals surface area contributed by atoms with E-state index in [9.17, 15) is 9.59 Å². The summed E-state index contributed by atoms with van der Waals surface area (Å²) in [5.74, 6) is -0.0566. The van der Waals surface area contributed by atoms with Crippen molar-refractivity contribution in [2.75, 3.05) is 26.2 Å². The van der Waals surface area contributed by atoms with Gasteiger partial charge in [-0.15, -0.1) is 0 Å². The summed E-state index contributed by atoms with van der Waals surface area (Å²) in [6, 6.07) is 11.8. The molecule has 0 bridgehead atoms. The smallest absolute Gasteiger partial charge is 0.274 e. The number of aryl methyl sites for hydroxylation is 1. The Morgan fingerprint density at radius 2 is 1.72 bits per heavy atom. The topological polar surface area (TPSA) is 62.9 Å². The Kier molecular flexibility index (Phi) is 4.35. The van der Waals surface area contributed by atoms with Crippen LogP contribution in [0, 0.1) is 0 Å². The van der Waals surface area contributed by atoms with E-state index in [0.717, 1.165) is 21.6 Å². The SMILES string of the molecule is Cn1cccc1C(=O)N1CCCN(C(=O)c2cn3c(n2)sc2ccccc23)CC1. The highest BCUT2D eigenvalue weighted by Gasteiger charge is 2.26. The second kappa shape index (κ2) is 7.04. The second-order valence-corrected chi connectivity index (χ2v) is 8.30. The Morgan fingerprint density at radius 1 is 0.966 bits per heavy atom. The number of carbonyl (C=O) groups is 2. The number of nitrogens with zero attached hydrogens (tertiary/aromatic N) is 5. The molecule has 29 heavy (non-hydrogen) atoms. The molecule has 148 valence electrons. The Morgan fingerprint density at radius 3 is 2.48 bits per heavy atom. The number of para-hydroxylation sites is 1. The predicted molar refractivity (Wildman–Crippen MR) is 112 cm³/mol. The lowest BCUT2D eigenvalue weighted by atomic mass is 10.3. The van der Waals surface area contributed by atoms with Crippen molar-refractivity contribution in [2.24, 2.45) is 7.05 Å². The van der Waals surface area contributed by atoms with E-state index in [2.05, 4.69) is 11.1 Å². The van der Waals surface area contributed by atoms with Gasteiger partial charge in [0.1, 0.15) is 11.4 Å². The molecule has 4 aromatic rings. The van der Waals surface area contributed by atoms with Crippen LogP contribution in [0.2, 0.25) is 0 Å². The molecule has 0 N–H and O–H groups in total. The monoisotopic (exact) mass is 407 g/mol. The summed E-state index contributed by atoms with van der Waals surface area (Å²) in [5.41, 5.74) is 2.20. The van der Waals surface area contributed by atoms with Crippen LogP contribution >= 0.6 is 11.3 Å². The summed E-state index contributed by atoms with van der Waals surface area (Å²) in [5, 5.41) is 0. The summed E-state index contributed by atoms with van der Waals surface area (Å²) < 4.78 is 4.97. The summed E-state index contributed by atoms with van der Waals surface area (Å²) in [4.78, 5) is 34.9. The molecule has 5 rings (SSSR count). The van der Waals surface area contributed by atoms with Crippen LogP contribution in [0.5, 0.6) is 0 Å². The third-order valence-electron chi connectivity index (χ3n) is 5.45. The van der Waals surface area contributed by atoms with E-state index in [0.29, 0.717) is 37.6 Å². The van der Waals surface area contributed by atoms with Crippen molar-refractivity contribution in [3.63, 3.8) is 0 Å². The number of hydrogen-bond acceptors (Lipinski definition) is 4. The summed E-state index contributed by atoms with van der Waals surface area (Å²) in [6.45, 7) is 2.32. The first-order valence-electron chi connectivity index (χ1n) is 9.68. The van der Waals surface area contributed by atoms with Crippen LogP contribution in [0.25, 0.3) is 15.2 Å². The highest BCUT2D eigenvalue weighted by molar-refractivity contribution is 7.23. The number of thiazole rings is 1. The summed E-state index contributed by atoms with van der Waals surface area (Å²) in [7, 11) is 1.87. The van der Waals surface area contributed by atoms with Crippen LogP contribution in [-0.4, -0.2) is 61.7 Å². The molecule has 0 spiro atoms. The summed E-state index contributed by atoms with van der Waals surface area (Å²) in [6.07, 6.45) is 4.45. The fraction of sp³-hybridized carbons (Fsp3) is 0.286. The van der Waals surface area contributed by atoms with Gasteiger partial charge in [-0.1, -0.05) is 23.5 Å². The van der Waals surface area contributed by atoms with Crippen molar-refractivity contribution in [2.45, 2.75) is 6.42 Å². The van der Waals surface area contributed by atoms with E-state index >= 15 is 0 Å². The Labute approximate surface area is 171 Å². The lowest BCUT2D eigenvalue weighted by Crippen LogP contribution is -2.38. The van der Waals surface area contributed by atoms with E-state index in [1.165, 1.54) is 0 Å². The molecule has 0 saturated carbocycles. The molecule has 4 heterocycles. The van der Waals surface area contributed by atoms with Crippen molar-refractivity contribution >= 4 is 38.3 Å². The average molecular weight is 407 g/mol. The van der Waals surface area contributed by atoms with Gasteiger partial charge in [0.05, 0.1) is 10.2 Å². The van der Waals surface area contributed by atoms with Crippen molar-refractivity contribution in [3.05, 3.63) is 60.2 Å². The maximum Gasteiger partial charge on any atom is 0.274 e. The first-order chi connectivity index (χ1) is 14.1. The van der Waals surface area contributed by atoms with Crippen LogP contribution < -0.4 is 0 Å². The van der Waals surface area contributed by atoms with E-state index in [1.54, 1.807) is 11.3 Å². The second-order valence-electron chi connectivity index (χ2n) is 7.29. The fourth-order valence-electron chi connectivity index (χ4n) is 3.88. The molecule has 0 aliphatic carbocycles. The minimum Gasteiger partial charge on any atom is -0.347 e. The number of hydrogen-bond donors (Lipinski definition) is 0. The maximum absolute atomic E-state index is 13.1. The highest BCUT2D eigenvalue weighted by atomic mass is 32.1. The molecule has 0 unspecified atom stereocenters. The van der Waals surface area contributed by atoms with E-state index in [1.807, 2.05) is 68.5 Å². The van der Waals surface area contributed by atoms with E-state index in [-0.39, 0.29) is 11.8 Å². The van der Waals surface area contributed by atoms with Gasteiger partial charge >= 0.3 is 0 Å². The van der Waals surface area contributed by atoms with Crippen molar-refractivity contribution in [1.82, 2.24) is 23.8 Å². The van der Waals surface area contributed by atoms with Crippen LogP contribution in [0.3, 0.4) is 0 Å². The van der Waals surface area contributed by atoms with Crippen LogP contribution in [-0.2, 0) is 7.05 Å². The largest absolute Gasteiger partial charge is 0.347 e. The quantitative estimate of drug-likeness (QED) is 0.513. The Balaban J connectivity index is 1.33. The minimum absolute atomic E-state index is 0.0146. The van der Waals surface area contributed by atoms with Gasteiger partial charge in [-0.25, -0.2) is 4.98 Å². The van der Waals surface area contributed by atoms with Gasteiger partial charge < -0.3 is 14.4 Å². The van der Waals surface area contributed by atoms with Crippen molar-refractivity contribution in [3.8, 4) is 0 Å². The molecule has 0 atom stereocenters. The van der Waals surface area contributed by atoms with Crippen LogP contribution in [0.4, 0.5) is 0 Å². The number of benzene rings is 1. The molecule has 8 heteroatoms. The highest BCUT2D eigenvalue weighted by Crippen LogP contribution is 2.26. The number of fused-ring (bicyclic) bond motifs is 3. The molecular weight excluding hydrogens is 386 g/mol. The zero-order valence-electron chi connectivity index (χ0n) is 16.1. The summed E-state index contributed by atoms with van der Waals surface area (Å²) >= 11 is 1.58. The Hall–Kier alpha value is -3.13. The molecule has 1 fully saturated rings. The fourth-order valence-corrected chi connectivity index (χ4v) is 4.89. The molecule has 3 aromatic heterocycles. The molecule has 1 aliphatic rings. The zero-order valence-corrected chi connectivity index (χ0v) is 16.9. The third-order valence-corrected chi connectivity index (χ3v) is 6.49. The average Bonchev–Trinajstić information content (AvgIpc) is 3.36. The lowest BCUT2D eigenvalue weighted by molar-refractivity contribution is 0.0711. The molecule has 1 saturated heterocycles. The van der Waals surface area contributed by atoms with Gasteiger partial charge in [0, 0.05) is 45.6 Å². The van der Waals surface area contributed by atoms with Crippen LogP contribution in [0.1, 0.15) is 27.4 Å². The first-order valence-corrected chi connectivity index (χ1v) is 10.5. The minimum atomic E-state index is -0.0712. The van der Waals surface area contributed by atoms with Gasteiger partial charge in [-0.2, -0.15) is 0 Å². The van der Waals surface area contributed by atoms with E-state index in [4.69, 9.17) is 0 Å². The maximum atomic E-state index is 13.1. The predicted octanol–water partition coefficient (Wildman–Crippen LogP) is 2.88. The third kappa shape index (κ3) is 3.09. The van der Waals surface area contributed by atoms with Gasteiger partial charge in [0.2, 0.25) is 0 Å². The normalized spacial score (nSPS) is 15.2. The molecule has 0 radical (unpaired) electrons. The van der Waals surface area contributed by atoms with Crippen molar-refractivity contribution in [1.29, 1.82) is 0 Å². The number of aromatic nitrogens is 3. The Bertz CT molecular complexity index is 1220. The molecule has 2 amide bonds. The van der Waals surface area contributed by atoms with Crippen LogP contribution in [0.15, 0.2) is 48.8 Å². The first kappa shape index (κ1) is 17.9. The number of carbonyl (C=O) groups excluding carboxylic acids is 2. The zero-order chi connectivity index (χ0) is 20.0. The number of rotatable bonds is 2.